The van der Waals surface area contributed by atoms with Gasteiger partial charge in [-0.1, -0.05) is 34.1 Å². The molecular weight excluding hydrogens is 383 g/mol. The molecule has 1 aromatic carbocycles. The third kappa shape index (κ3) is 4.31. The predicted octanol–water partition coefficient (Wildman–Crippen LogP) is 5.87. The van der Waals surface area contributed by atoms with E-state index in [0.29, 0.717) is 5.56 Å². The van der Waals surface area contributed by atoms with Crippen LogP contribution >= 0.6 is 15.9 Å². The van der Waals surface area contributed by atoms with Crippen molar-refractivity contribution in [3.63, 3.8) is 0 Å². The van der Waals surface area contributed by atoms with Gasteiger partial charge >= 0.3 is 6.18 Å². The second kappa shape index (κ2) is 7.42. The fourth-order valence-corrected chi connectivity index (χ4v) is 7.57. The molecule has 0 amide bonds. The summed E-state index contributed by atoms with van der Waals surface area (Å²) >= 11 is 3.41. The van der Waals surface area contributed by atoms with Crippen molar-refractivity contribution in [3.8, 4) is 0 Å². The molecule has 1 aromatic rings. The highest BCUT2D eigenvalue weighted by Gasteiger charge is 2.38. The average molecular weight is 401 g/mol. The summed E-state index contributed by atoms with van der Waals surface area (Å²) in [5.74, 6) is -3.01. The minimum atomic E-state index is -4.99. The van der Waals surface area contributed by atoms with E-state index in [1.54, 1.807) is 0 Å². The molecule has 0 atom stereocenters. The molecular formula is C15H18BrF5Si. The van der Waals surface area contributed by atoms with E-state index in [9.17, 15) is 22.0 Å². The zero-order chi connectivity index (χ0) is 16.3. The van der Waals surface area contributed by atoms with Gasteiger partial charge in [-0.3, -0.25) is 0 Å². The normalized spacial score (nSPS) is 22.8. The van der Waals surface area contributed by atoms with Crippen LogP contribution < -0.4 is 0 Å². The van der Waals surface area contributed by atoms with Crippen molar-refractivity contribution in [2.75, 3.05) is 5.33 Å². The molecule has 0 aromatic heterocycles. The summed E-state index contributed by atoms with van der Waals surface area (Å²) in [6, 6.07) is 5.20. The molecule has 0 spiro atoms. The molecule has 0 aliphatic carbocycles. The molecule has 0 saturated carbocycles. The molecule has 1 fully saturated rings. The Balaban J connectivity index is 2.09. The number of benzene rings is 1. The minimum Gasteiger partial charge on any atom is -0.206 e. The first-order valence-electron chi connectivity index (χ1n) is 7.45. The van der Waals surface area contributed by atoms with Gasteiger partial charge < -0.3 is 0 Å². The molecule has 1 saturated heterocycles. The van der Waals surface area contributed by atoms with Gasteiger partial charge in [0.1, 0.15) is 17.2 Å². The van der Waals surface area contributed by atoms with Crippen molar-refractivity contribution in [1.29, 1.82) is 0 Å². The maximum Gasteiger partial charge on any atom is 0.422 e. The predicted molar refractivity (Wildman–Crippen MR) is 83.3 cm³/mol. The SMILES string of the molecule is Fc1cc([C@H]2CC[Si@H](CCCBr)CC2)cc(F)c1C(F)(F)F. The second-order valence-corrected chi connectivity index (χ2v) is 10.2. The lowest BCUT2D eigenvalue weighted by Gasteiger charge is -2.28. The summed E-state index contributed by atoms with van der Waals surface area (Å²) in [5, 5.41) is 0.995. The van der Waals surface area contributed by atoms with E-state index in [1.807, 2.05) is 0 Å². The fourth-order valence-electron chi connectivity index (χ4n) is 3.25. The summed E-state index contributed by atoms with van der Waals surface area (Å²) in [4.78, 5) is 0. The van der Waals surface area contributed by atoms with Crippen LogP contribution in [0.1, 0.15) is 36.3 Å². The van der Waals surface area contributed by atoms with Crippen molar-refractivity contribution in [3.05, 3.63) is 34.9 Å². The third-order valence-electron chi connectivity index (χ3n) is 4.41. The molecule has 2 rings (SSSR count). The van der Waals surface area contributed by atoms with Gasteiger partial charge in [-0.05, 0) is 42.9 Å². The van der Waals surface area contributed by atoms with Gasteiger partial charge in [0.25, 0.3) is 0 Å². The molecule has 1 aliphatic heterocycles. The first-order valence-corrected chi connectivity index (χ1v) is 11.0. The summed E-state index contributed by atoms with van der Waals surface area (Å²) in [5.41, 5.74) is -1.41. The topological polar surface area (TPSA) is 0 Å². The maximum absolute atomic E-state index is 13.6. The van der Waals surface area contributed by atoms with Gasteiger partial charge in [0.15, 0.2) is 0 Å². The summed E-state index contributed by atoms with van der Waals surface area (Å²) < 4.78 is 65.0. The van der Waals surface area contributed by atoms with Crippen LogP contribution in [-0.2, 0) is 6.18 Å². The van der Waals surface area contributed by atoms with Crippen LogP contribution in [0.5, 0.6) is 0 Å². The van der Waals surface area contributed by atoms with Crippen LogP contribution in [0.4, 0.5) is 22.0 Å². The second-order valence-electron chi connectivity index (χ2n) is 5.91. The van der Waals surface area contributed by atoms with E-state index in [0.717, 1.165) is 48.8 Å². The summed E-state index contributed by atoms with van der Waals surface area (Å²) in [7, 11) is -0.765. The molecule has 1 aliphatic rings. The van der Waals surface area contributed by atoms with Crippen molar-refractivity contribution in [2.24, 2.45) is 0 Å². The Morgan fingerprint density at radius 2 is 1.64 bits per heavy atom. The van der Waals surface area contributed by atoms with Gasteiger partial charge in [-0.25, -0.2) is 8.78 Å². The molecule has 7 heteroatoms. The van der Waals surface area contributed by atoms with E-state index in [-0.39, 0.29) is 5.92 Å². The fraction of sp³-hybridized carbons (Fsp3) is 0.600. The summed E-state index contributed by atoms with van der Waals surface area (Å²) in [6.45, 7) is 0. The van der Waals surface area contributed by atoms with E-state index in [4.69, 9.17) is 0 Å². The molecule has 0 unspecified atom stereocenters. The number of hydrogen-bond acceptors (Lipinski definition) is 0. The van der Waals surface area contributed by atoms with Gasteiger partial charge in [0.05, 0.1) is 0 Å². The van der Waals surface area contributed by atoms with Crippen LogP contribution in [0, 0.1) is 11.6 Å². The van der Waals surface area contributed by atoms with Crippen molar-refractivity contribution >= 4 is 24.7 Å². The van der Waals surface area contributed by atoms with E-state index in [1.165, 1.54) is 6.04 Å². The van der Waals surface area contributed by atoms with Gasteiger partial charge in [-0.15, -0.1) is 0 Å². The molecule has 0 nitrogen and oxygen atoms in total. The van der Waals surface area contributed by atoms with Gasteiger partial charge in [0.2, 0.25) is 0 Å². The zero-order valence-corrected chi connectivity index (χ0v) is 14.8. The highest BCUT2D eigenvalue weighted by atomic mass is 79.9. The summed E-state index contributed by atoms with van der Waals surface area (Å²) in [6.07, 6.45) is -2.16. The number of halogens is 6. The van der Waals surface area contributed by atoms with Crippen LogP contribution in [0.25, 0.3) is 0 Å². The Kier molecular flexibility index (Phi) is 6.05. The standard InChI is InChI=1S/C15H18BrF5Si/c16-4-1-5-22-6-2-10(3-7-22)11-8-12(17)14(13(18)9-11)15(19,20)21/h8-10,22H,1-7H2/t10-,22-. The van der Waals surface area contributed by atoms with Crippen molar-refractivity contribution < 1.29 is 22.0 Å². The lowest BCUT2D eigenvalue weighted by molar-refractivity contribution is -0.142. The van der Waals surface area contributed by atoms with E-state index < -0.39 is 32.2 Å². The minimum absolute atomic E-state index is 0.0148. The van der Waals surface area contributed by atoms with Crippen LogP contribution in [0.3, 0.4) is 0 Å². The molecule has 0 radical (unpaired) electrons. The van der Waals surface area contributed by atoms with Gasteiger partial charge in [-0.2, -0.15) is 13.2 Å². The Bertz CT molecular complexity index is 486. The molecule has 0 N–H and O–H groups in total. The Morgan fingerprint density at radius 3 is 2.09 bits per heavy atom. The number of rotatable bonds is 4. The zero-order valence-electron chi connectivity index (χ0n) is 12.0. The highest BCUT2D eigenvalue weighted by Crippen LogP contribution is 2.39. The Morgan fingerprint density at radius 1 is 1.09 bits per heavy atom. The van der Waals surface area contributed by atoms with E-state index >= 15 is 0 Å². The van der Waals surface area contributed by atoms with Crippen LogP contribution in [0.15, 0.2) is 12.1 Å². The Labute approximate surface area is 136 Å². The average Bonchev–Trinajstić information content (AvgIpc) is 2.43. The lowest BCUT2D eigenvalue weighted by atomic mass is 9.92. The Hall–Kier alpha value is -0.433. The van der Waals surface area contributed by atoms with E-state index in [2.05, 4.69) is 15.9 Å². The highest BCUT2D eigenvalue weighted by molar-refractivity contribution is 9.09. The quantitative estimate of drug-likeness (QED) is 0.336. The first kappa shape index (κ1) is 17.9. The monoisotopic (exact) mass is 400 g/mol. The number of alkyl halides is 4. The molecule has 22 heavy (non-hydrogen) atoms. The van der Waals surface area contributed by atoms with Crippen LogP contribution in [0.2, 0.25) is 18.1 Å². The maximum atomic E-state index is 13.6. The smallest absolute Gasteiger partial charge is 0.206 e. The number of hydrogen-bond donors (Lipinski definition) is 0. The van der Waals surface area contributed by atoms with Crippen LogP contribution in [-0.4, -0.2) is 14.1 Å². The largest absolute Gasteiger partial charge is 0.422 e. The van der Waals surface area contributed by atoms with Crippen molar-refractivity contribution in [2.45, 2.75) is 49.5 Å². The van der Waals surface area contributed by atoms with Gasteiger partial charge in [0, 0.05) is 14.1 Å². The first-order chi connectivity index (χ1) is 10.3. The molecule has 124 valence electrons. The lowest BCUT2D eigenvalue weighted by Crippen LogP contribution is -2.21. The van der Waals surface area contributed by atoms with Crippen molar-refractivity contribution in [1.82, 2.24) is 0 Å². The third-order valence-corrected chi connectivity index (χ3v) is 8.50. The molecule has 1 heterocycles. The molecule has 0 bridgehead atoms.